The fourth-order valence-corrected chi connectivity index (χ4v) is 1.92. The summed E-state index contributed by atoms with van der Waals surface area (Å²) in [7, 11) is 0. The highest BCUT2D eigenvalue weighted by Gasteiger charge is 2.06. The number of nitro groups is 1. The maximum Gasteiger partial charge on any atom is 0.269 e. The molecule has 1 heterocycles. The average molecular weight is 327 g/mol. The monoisotopic (exact) mass is 327 g/mol. The summed E-state index contributed by atoms with van der Waals surface area (Å²) in [5.74, 6) is 2.68. The number of nitrogens with zero attached hydrogens (tertiary/aromatic N) is 3. The molecule has 0 N–H and O–H groups in total. The van der Waals surface area contributed by atoms with Gasteiger partial charge in [0.25, 0.3) is 11.6 Å². The maximum absolute atomic E-state index is 10.6. The smallest absolute Gasteiger partial charge is 0.269 e. The van der Waals surface area contributed by atoms with Crippen molar-refractivity contribution < 1.29 is 18.9 Å². The molecule has 8 nitrogen and oxygen atoms in total. The van der Waals surface area contributed by atoms with Gasteiger partial charge in [-0.2, -0.15) is 4.98 Å². The van der Waals surface area contributed by atoms with E-state index in [1.54, 1.807) is 43.3 Å². The van der Waals surface area contributed by atoms with Gasteiger partial charge in [-0.1, -0.05) is 5.16 Å². The molecule has 3 aromatic rings. The van der Waals surface area contributed by atoms with Gasteiger partial charge in [0.05, 0.1) is 4.92 Å². The molecule has 0 amide bonds. The molecule has 0 radical (unpaired) electrons. The van der Waals surface area contributed by atoms with Crippen molar-refractivity contribution in [2.45, 2.75) is 13.5 Å². The number of ether oxygens (including phenoxy) is 2. The third kappa shape index (κ3) is 3.86. The molecule has 122 valence electrons. The lowest BCUT2D eigenvalue weighted by molar-refractivity contribution is -0.384. The number of benzene rings is 2. The minimum Gasteiger partial charge on any atom is -0.484 e. The maximum atomic E-state index is 10.6. The van der Waals surface area contributed by atoms with Gasteiger partial charge in [-0.15, -0.1) is 0 Å². The van der Waals surface area contributed by atoms with Gasteiger partial charge in [0.15, 0.2) is 12.4 Å². The number of hydrogen-bond acceptors (Lipinski definition) is 7. The topological polar surface area (TPSA) is 101 Å². The Kier molecular flexibility index (Phi) is 4.37. The fourth-order valence-electron chi connectivity index (χ4n) is 1.92. The summed E-state index contributed by atoms with van der Waals surface area (Å²) in [6.07, 6.45) is 0. The molecular weight excluding hydrogens is 314 g/mol. The van der Waals surface area contributed by atoms with E-state index < -0.39 is 4.92 Å². The van der Waals surface area contributed by atoms with Crippen LogP contribution in [-0.4, -0.2) is 15.1 Å². The van der Waals surface area contributed by atoms with Crippen molar-refractivity contribution in [1.82, 2.24) is 10.1 Å². The number of non-ortho nitro benzene ring substituents is 1. The lowest BCUT2D eigenvalue weighted by Gasteiger charge is -2.07. The summed E-state index contributed by atoms with van der Waals surface area (Å²) < 4.78 is 16.1. The number of hydrogen-bond donors (Lipinski definition) is 0. The van der Waals surface area contributed by atoms with Crippen LogP contribution in [0, 0.1) is 17.0 Å². The summed E-state index contributed by atoms with van der Waals surface area (Å²) in [4.78, 5) is 14.2. The lowest BCUT2D eigenvalue weighted by Crippen LogP contribution is -1.95. The van der Waals surface area contributed by atoms with Gasteiger partial charge in [0, 0.05) is 12.1 Å². The van der Waals surface area contributed by atoms with E-state index in [-0.39, 0.29) is 12.3 Å². The molecule has 0 spiro atoms. The Balaban J connectivity index is 1.58. The normalized spacial score (nSPS) is 10.4. The van der Waals surface area contributed by atoms with E-state index in [2.05, 4.69) is 10.1 Å². The predicted molar refractivity (Wildman–Crippen MR) is 83.0 cm³/mol. The Hall–Kier alpha value is -3.42. The first-order valence-electron chi connectivity index (χ1n) is 7.04. The van der Waals surface area contributed by atoms with E-state index in [9.17, 15) is 10.1 Å². The van der Waals surface area contributed by atoms with Crippen LogP contribution in [0.2, 0.25) is 0 Å². The summed E-state index contributed by atoms with van der Waals surface area (Å²) >= 11 is 0. The van der Waals surface area contributed by atoms with Gasteiger partial charge in [-0.3, -0.25) is 10.1 Å². The van der Waals surface area contributed by atoms with Crippen molar-refractivity contribution in [2.75, 3.05) is 0 Å². The fraction of sp³-hybridized carbons (Fsp3) is 0.125. The van der Waals surface area contributed by atoms with E-state index in [1.165, 1.54) is 12.1 Å². The molecule has 0 aliphatic heterocycles. The average Bonchev–Trinajstić information content (AvgIpc) is 3.00. The highest BCUT2D eigenvalue weighted by Crippen LogP contribution is 2.25. The van der Waals surface area contributed by atoms with Crippen molar-refractivity contribution >= 4 is 5.69 Å². The van der Waals surface area contributed by atoms with Crippen LogP contribution in [0.25, 0.3) is 0 Å². The first-order valence-corrected chi connectivity index (χ1v) is 7.04. The van der Waals surface area contributed by atoms with Gasteiger partial charge in [-0.25, -0.2) is 0 Å². The Morgan fingerprint density at radius 3 is 2.17 bits per heavy atom. The van der Waals surface area contributed by atoms with Gasteiger partial charge in [0.1, 0.15) is 17.2 Å². The molecule has 0 saturated carbocycles. The van der Waals surface area contributed by atoms with Crippen LogP contribution in [0.5, 0.6) is 17.2 Å². The molecule has 2 aromatic carbocycles. The van der Waals surface area contributed by atoms with Crippen LogP contribution >= 0.6 is 0 Å². The molecule has 0 bridgehead atoms. The molecule has 24 heavy (non-hydrogen) atoms. The molecule has 0 aliphatic carbocycles. The van der Waals surface area contributed by atoms with Crippen molar-refractivity contribution in [3.63, 3.8) is 0 Å². The van der Waals surface area contributed by atoms with Crippen molar-refractivity contribution in [1.29, 1.82) is 0 Å². The molecule has 0 saturated heterocycles. The second-order valence-electron chi connectivity index (χ2n) is 4.85. The predicted octanol–water partition coefficient (Wildman–Crippen LogP) is 3.66. The number of aryl methyl sites for hydroxylation is 1. The van der Waals surface area contributed by atoms with E-state index in [0.29, 0.717) is 29.0 Å². The number of rotatable bonds is 6. The largest absolute Gasteiger partial charge is 0.484 e. The summed E-state index contributed by atoms with van der Waals surface area (Å²) in [5, 5.41) is 14.3. The lowest BCUT2D eigenvalue weighted by atomic mass is 10.3. The summed E-state index contributed by atoms with van der Waals surface area (Å²) in [5.41, 5.74) is 0.0161. The molecule has 0 unspecified atom stereocenters. The highest BCUT2D eigenvalue weighted by atomic mass is 16.6. The van der Waals surface area contributed by atoms with Crippen molar-refractivity contribution in [3.05, 3.63) is 70.4 Å². The van der Waals surface area contributed by atoms with Crippen molar-refractivity contribution in [2.24, 2.45) is 0 Å². The molecule has 3 rings (SSSR count). The highest BCUT2D eigenvalue weighted by molar-refractivity contribution is 5.39. The zero-order chi connectivity index (χ0) is 16.9. The van der Waals surface area contributed by atoms with Crippen LogP contribution in [0.3, 0.4) is 0 Å². The summed E-state index contributed by atoms with van der Waals surface area (Å²) in [6.45, 7) is 1.92. The number of nitro benzene ring substituents is 1. The van der Waals surface area contributed by atoms with Crippen LogP contribution in [0.4, 0.5) is 5.69 Å². The molecular formula is C16H13N3O5. The second-order valence-corrected chi connectivity index (χ2v) is 4.85. The van der Waals surface area contributed by atoms with Gasteiger partial charge >= 0.3 is 0 Å². The van der Waals surface area contributed by atoms with Crippen LogP contribution in [-0.2, 0) is 6.61 Å². The Morgan fingerprint density at radius 2 is 1.62 bits per heavy atom. The third-order valence-electron chi connectivity index (χ3n) is 3.04. The van der Waals surface area contributed by atoms with Gasteiger partial charge in [-0.05, 0) is 43.3 Å². The van der Waals surface area contributed by atoms with Crippen LogP contribution in [0.1, 0.15) is 11.7 Å². The Labute approximate surface area is 136 Å². The Morgan fingerprint density at radius 1 is 1.04 bits per heavy atom. The van der Waals surface area contributed by atoms with Crippen LogP contribution < -0.4 is 9.47 Å². The second kappa shape index (κ2) is 6.78. The standard InChI is InChI=1S/C16H13N3O5/c1-11-17-16(24-18-11)10-22-13-6-8-15(9-7-13)23-14-4-2-12(3-5-14)19(20)21/h2-9H,10H2,1H3. The Bertz CT molecular complexity index is 828. The molecule has 8 heteroatoms. The molecule has 0 aliphatic rings. The minimum atomic E-state index is -0.458. The minimum absolute atomic E-state index is 0.0161. The summed E-state index contributed by atoms with van der Waals surface area (Å²) in [6, 6.07) is 12.8. The van der Waals surface area contributed by atoms with E-state index in [4.69, 9.17) is 14.0 Å². The first kappa shape index (κ1) is 15.5. The van der Waals surface area contributed by atoms with Crippen molar-refractivity contribution in [3.8, 4) is 17.2 Å². The third-order valence-corrected chi connectivity index (χ3v) is 3.04. The van der Waals surface area contributed by atoms with E-state index >= 15 is 0 Å². The molecule has 0 atom stereocenters. The van der Waals surface area contributed by atoms with Gasteiger partial charge < -0.3 is 14.0 Å². The zero-order valence-electron chi connectivity index (χ0n) is 12.7. The first-order chi connectivity index (χ1) is 11.6. The van der Waals surface area contributed by atoms with E-state index in [0.717, 1.165) is 0 Å². The van der Waals surface area contributed by atoms with Gasteiger partial charge in [0.2, 0.25) is 0 Å². The van der Waals surface area contributed by atoms with E-state index in [1.807, 2.05) is 0 Å². The zero-order valence-corrected chi connectivity index (χ0v) is 12.7. The number of aromatic nitrogens is 2. The molecule has 1 aromatic heterocycles. The quantitative estimate of drug-likeness (QED) is 0.503. The molecule has 0 fully saturated rings. The SMILES string of the molecule is Cc1noc(COc2ccc(Oc3ccc([N+](=O)[O-])cc3)cc2)n1. The van der Waals surface area contributed by atoms with Crippen LogP contribution in [0.15, 0.2) is 53.1 Å².